The fourth-order valence-electron chi connectivity index (χ4n) is 3.06. The first-order chi connectivity index (χ1) is 16.2. The number of benzene rings is 1. The number of carboxylic acid groups (broad SMARTS) is 1. The summed E-state index contributed by atoms with van der Waals surface area (Å²) in [4.78, 5) is 23.7. The van der Waals surface area contributed by atoms with Crippen molar-refractivity contribution in [2.45, 2.75) is 0 Å². The molecule has 0 unspecified atom stereocenters. The standard InChI is InChI=1S/C22H24N6O5/c29-22(30)23-8-10-31-11-12-32-13-14-33-20-6-5-16(15-24-20)25-19-7-9-28-18-4-2-1-3-17(18)26-21(28)27-19/h1-7,9,15,23H,8,10-14H2,(H,29,30)(H,25,26,27). The number of carbonyl (C=O) groups is 1. The smallest absolute Gasteiger partial charge is 0.404 e. The first-order valence-corrected chi connectivity index (χ1v) is 10.4. The van der Waals surface area contributed by atoms with Crippen LogP contribution in [0.3, 0.4) is 0 Å². The minimum absolute atomic E-state index is 0.250. The van der Waals surface area contributed by atoms with Crippen molar-refractivity contribution in [2.75, 3.05) is 44.9 Å². The second-order valence-electron chi connectivity index (χ2n) is 6.90. The lowest BCUT2D eigenvalue weighted by molar-refractivity contribution is 0.0368. The molecule has 4 rings (SSSR count). The molecule has 0 aliphatic rings. The van der Waals surface area contributed by atoms with Crippen molar-refractivity contribution in [1.82, 2.24) is 24.7 Å². The van der Waals surface area contributed by atoms with Crippen molar-refractivity contribution in [1.29, 1.82) is 0 Å². The van der Waals surface area contributed by atoms with Gasteiger partial charge >= 0.3 is 6.09 Å². The zero-order valence-electron chi connectivity index (χ0n) is 17.8. The number of hydrogen-bond acceptors (Lipinski definition) is 8. The predicted octanol–water partition coefficient (Wildman–Crippen LogP) is 2.70. The molecule has 0 aliphatic heterocycles. The van der Waals surface area contributed by atoms with Gasteiger partial charge in [0.05, 0.1) is 49.3 Å². The number of nitrogens with zero attached hydrogens (tertiary/aromatic N) is 4. The highest BCUT2D eigenvalue weighted by molar-refractivity contribution is 5.79. The van der Waals surface area contributed by atoms with Crippen molar-refractivity contribution >= 4 is 34.4 Å². The summed E-state index contributed by atoms with van der Waals surface area (Å²) in [6.45, 7) is 2.08. The van der Waals surface area contributed by atoms with Gasteiger partial charge in [-0.25, -0.2) is 14.8 Å². The zero-order chi connectivity index (χ0) is 22.9. The van der Waals surface area contributed by atoms with Gasteiger partial charge < -0.3 is 30.0 Å². The monoisotopic (exact) mass is 452 g/mol. The first kappa shape index (κ1) is 22.2. The van der Waals surface area contributed by atoms with Crippen LogP contribution in [-0.2, 0) is 9.47 Å². The normalized spacial score (nSPS) is 11.0. The Kier molecular flexibility index (Phi) is 7.46. The van der Waals surface area contributed by atoms with Gasteiger partial charge in [0, 0.05) is 18.8 Å². The number of para-hydroxylation sites is 2. The lowest BCUT2D eigenvalue weighted by Crippen LogP contribution is -2.25. The topological polar surface area (TPSA) is 132 Å². The van der Waals surface area contributed by atoms with Gasteiger partial charge in [-0.1, -0.05) is 12.1 Å². The van der Waals surface area contributed by atoms with E-state index in [2.05, 4.69) is 25.6 Å². The van der Waals surface area contributed by atoms with E-state index in [1.807, 2.05) is 47.0 Å². The Balaban J connectivity index is 1.17. The second-order valence-corrected chi connectivity index (χ2v) is 6.90. The van der Waals surface area contributed by atoms with Crippen molar-refractivity contribution in [3.8, 4) is 5.88 Å². The van der Waals surface area contributed by atoms with Gasteiger partial charge in [0.2, 0.25) is 11.7 Å². The van der Waals surface area contributed by atoms with E-state index in [0.717, 1.165) is 16.7 Å². The Labute approximate surface area is 189 Å². The van der Waals surface area contributed by atoms with Gasteiger partial charge in [0.15, 0.2) is 0 Å². The molecule has 0 fully saturated rings. The second kappa shape index (κ2) is 11.1. The number of anilines is 2. The molecule has 0 bridgehead atoms. The molecule has 0 atom stereocenters. The van der Waals surface area contributed by atoms with E-state index >= 15 is 0 Å². The number of nitrogens with one attached hydrogen (secondary N) is 2. The molecular formula is C22H24N6O5. The van der Waals surface area contributed by atoms with E-state index in [0.29, 0.717) is 50.5 Å². The average Bonchev–Trinajstić information content (AvgIpc) is 3.19. The molecule has 11 nitrogen and oxygen atoms in total. The molecule has 33 heavy (non-hydrogen) atoms. The minimum Gasteiger partial charge on any atom is -0.475 e. The molecule has 3 aromatic heterocycles. The lowest BCUT2D eigenvalue weighted by Gasteiger charge is -2.09. The molecule has 3 heterocycles. The van der Waals surface area contributed by atoms with Crippen LogP contribution >= 0.6 is 0 Å². The van der Waals surface area contributed by atoms with Crippen LogP contribution in [0.5, 0.6) is 5.88 Å². The average molecular weight is 452 g/mol. The minimum atomic E-state index is -1.06. The molecule has 0 aliphatic carbocycles. The third-order valence-electron chi connectivity index (χ3n) is 4.56. The van der Waals surface area contributed by atoms with Crippen LogP contribution < -0.4 is 15.4 Å². The van der Waals surface area contributed by atoms with Crippen LogP contribution in [0.1, 0.15) is 0 Å². The Hall–Kier alpha value is -3.96. The summed E-state index contributed by atoms with van der Waals surface area (Å²) < 4.78 is 18.1. The number of fused-ring (bicyclic) bond motifs is 3. The first-order valence-electron chi connectivity index (χ1n) is 10.4. The van der Waals surface area contributed by atoms with Crippen molar-refractivity contribution in [3.05, 3.63) is 54.9 Å². The van der Waals surface area contributed by atoms with E-state index in [4.69, 9.17) is 19.3 Å². The van der Waals surface area contributed by atoms with E-state index < -0.39 is 6.09 Å². The highest BCUT2D eigenvalue weighted by Gasteiger charge is 2.06. The maximum absolute atomic E-state index is 10.3. The van der Waals surface area contributed by atoms with Crippen LogP contribution in [0.15, 0.2) is 54.9 Å². The van der Waals surface area contributed by atoms with Crippen LogP contribution in [0.2, 0.25) is 0 Å². The SMILES string of the molecule is O=C(O)NCCOCCOCCOc1ccc(Nc2ccn3c(n2)nc2ccccc23)cn1. The number of imidazole rings is 1. The van der Waals surface area contributed by atoms with Gasteiger partial charge in [-0.15, -0.1) is 0 Å². The Bertz CT molecular complexity index is 1200. The molecule has 0 spiro atoms. The van der Waals surface area contributed by atoms with Crippen molar-refractivity contribution < 1.29 is 24.1 Å². The fourth-order valence-corrected chi connectivity index (χ4v) is 3.06. The van der Waals surface area contributed by atoms with Gasteiger partial charge in [0.25, 0.3) is 0 Å². The molecule has 0 saturated heterocycles. The van der Waals surface area contributed by atoms with Crippen LogP contribution in [0.25, 0.3) is 16.8 Å². The summed E-state index contributed by atoms with van der Waals surface area (Å²) >= 11 is 0. The molecule has 0 saturated carbocycles. The lowest BCUT2D eigenvalue weighted by atomic mass is 10.3. The number of rotatable bonds is 12. The number of amides is 1. The van der Waals surface area contributed by atoms with Crippen LogP contribution in [0.4, 0.5) is 16.3 Å². The van der Waals surface area contributed by atoms with E-state index in [1.165, 1.54) is 0 Å². The number of aromatic nitrogens is 4. The summed E-state index contributed by atoms with van der Waals surface area (Å²) in [6.07, 6.45) is 2.54. The third-order valence-corrected chi connectivity index (χ3v) is 4.56. The molecule has 172 valence electrons. The fraction of sp³-hybridized carbons (Fsp3) is 0.273. The number of ether oxygens (including phenoxy) is 3. The van der Waals surface area contributed by atoms with Gasteiger partial charge in [0.1, 0.15) is 12.4 Å². The number of hydrogen-bond donors (Lipinski definition) is 3. The molecule has 11 heteroatoms. The largest absolute Gasteiger partial charge is 0.475 e. The summed E-state index contributed by atoms with van der Waals surface area (Å²) in [5.41, 5.74) is 2.69. The quantitative estimate of drug-likeness (QED) is 0.278. The Morgan fingerprint density at radius 1 is 0.970 bits per heavy atom. The summed E-state index contributed by atoms with van der Waals surface area (Å²) in [5, 5.41) is 13.9. The molecule has 1 aromatic carbocycles. The van der Waals surface area contributed by atoms with E-state index in [1.54, 1.807) is 12.3 Å². The highest BCUT2D eigenvalue weighted by atomic mass is 16.5. The van der Waals surface area contributed by atoms with Gasteiger partial charge in [-0.05, 0) is 24.3 Å². The summed E-state index contributed by atoms with van der Waals surface area (Å²) in [5.74, 6) is 1.78. The molecule has 4 aromatic rings. The Morgan fingerprint density at radius 2 is 1.79 bits per heavy atom. The summed E-state index contributed by atoms with van der Waals surface area (Å²) in [6, 6.07) is 13.4. The molecule has 1 amide bonds. The maximum Gasteiger partial charge on any atom is 0.404 e. The van der Waals surface area contributed by atoms with Crippen LogP contribution in [0, 0.1) is 0 Å². The molecular weight excluding hydrogens is 428 g/mol. The third kappa shape index (κ3) is 6.28. The molecule has 3 N–H and O–H groups in total. The summed E-state index contributed by atoms with van der Waals surface area (Å²) in [7, 11) is 0. The maximum atomic E-state index is 10.3. The molecule has 0 radical (unpaired) electrons. The zero-order valence-corrected chi connectivity index (χ0v) is 17.8. The van der Waals surface area contributed by atoms with Gasteiger partial charge in [-0.2, -0.15) is 4.98 Å². The number of pyridine rings is 1. The van der Waals surface area contributed by atoms with Crippen molar-refractivity contribution in [2.24, 2.45) is 0 Å². The Morgan fingerprint density at radius 3 is 2.61 bits per heavy atom. The van der Waals surface area contributed by atoms with Crippen LogP contribution in [-0.4, -0.2) is 70.1 Å². The van der Waals surface area contributed by atoms with E-state index in [-0.39, 0.29) is 6.54 Å². The highest BCUT2D eigenvalue weighted by Crippen LogP contribution is 2.19. The van der Waals surface area contributed by atoms with Gasteiger partial charge in [-0.3, -0.25) is 4.40 Å². The predicted molar refractivity (Wildman–Crippen MR) is 121 cm³/mol. The van der Waals surface area contributed by atoms with E-state index in [9.17, 15) is 4.79 Å². The van der Waals surface area contributed by atoms with Crippen molar-refractivity contribution in [3.63, 3.8) is 0 Å².